The van der Waals surface area contributed by atoms with Gasteiger partial charge in [-0.25, -0.2) is 0 Å². The molecule has 0 amide bonds. The predicted molar refractivity (Wildman–Crippen MR) is 77.2 cm³/mol. The lowest BCUT2D eigenvalue weighted by Crippen LogP contribution is -2.59. The van der Waals surface area contributed by atoms with Crippen molar-refractivity contribution in [3.05, 3.63) is 0 Å². The number of rotatable bonds is 13. The van der Waals surface area contributed by atoms with Crippen molar-refractivity contribution in [1.82, 2.24) is 0 Å². The van der Waals surface area contributed by atoms with Crippen LogP contribution in [0.25, 0.3) is 0 Å². The Morgan fingerprint density at radius 3 is 1.83 bits per heavy atom. The molecule has 0 rings (SSSR count). The molecule has 0 aliphatic carbocycles. The van der Waals surface area contributed by atoms with Gasteiger partial charge in [0.2, 0.25) is 11.6 Å². The summed E-state index contributed by atoms with van der Waals surface area (Å²) in [5, 5.41) is 30.2. The van der Waals surface area contributed by atoms with Gasteiger partial charge in [0.05, 0.1) is 6.42 Å². The smallest absolute Gasteiger partial charge is 0.224 e. The summed E-state index contributed by atoms with van der Waals surface area (Å²) in [6, 6.07) is 0. The van der Waals surface area contributed by atoms with Crippen LogP contribution in [-0.4, -0.2) is 97.4 Å². The van der Waals surface area contributed by atoms with Gasteiger partial charge in [-0.05, 0) is 0 Å². The number of aliphatic hydroxyl groups is 3. The molecule has 3 N–H and O–H groups in total. The quantitative estimate of drug-likeness (QED) is 0.293. The van der Waals surface area contributed by atoms with Crippen molar-refractivity contribution in [3.63, 3.8) is 0 Å². The standard InChI is InChI=1S/C14H22O10/c1-22-5-9(16)8(15)4-14(21,11(18)7-24-3)13(20)12(19)10(17)6-23-2/h12-13,19-21H,4-7H2,1-3H3/t12?,13-,14-/m1/s1. The van der Waals surface area contributed by atoms with Gasteiger partial charge in [-0.3, -0.25) is 19.2 Å². The van der Waals surface area contributed by atoms with Crippen molar-refractivity contribution in [3.8, 4) is 0 Å². The average Bonchev–Trinajstić information content (AvgIpc) is 2.53. The summed E-state index contributed by atoms with van der Waals surface area (Å²) in [5.41, 5.74) is -2.89. The molecule has 0 aromatic carbocycles. The number of ether oxygens (including phenoxy) is 3. The minimum absolute atomic E-state index is 0.589. The first kappa shape index (κ1) is 22.4. The van der Waals surface area contributed by atoms with Crippen LogP contribution in [0.15, 0.2) is 0 Å². The van der Waals surface area contributed by atoms with Crippen LogP contribution in [-0.2, 0) is 33.4 Å². The van der Waals surface area contributed by atoms with E-state index in [-0.39, 0.29) is 0 Å². The first-order chi connectivity index (χ1) is 11.1. The monoisotopic (exact) mass is 350 g/mol. The molecule has 138 valence electrons. The molecule has 3 atom stereocenters. The highest BCUT2D eigenvalue weighted by molar-refractivity contribution is 6.38. The molecule has 10 nitrogen and oxygen atoms in total. The fourth-order valence-corrected chi connectivity index (χ4v) is 1.84. The molecule has 24 heavy (non-hydrogen) atoms. The van der Waals surface area contributed by atoms with Crippen LogP contribution in [0.2, 0.25) is 0 Å². The number of ketones is 4. The van der Waals surface area contributed by atoms with E-state index in [2.05, 4.69) is 14.2 Å². The normalized spacial score (nSPS) is 16.1. The van der Waals surface area contributed by atoms with Crippen LogP contribution in [0, 0.1) is 0 Å². The molecule has 0 fully saturated rings. The van der Waals surface area contributed by atoms with Crippen LogP contribution in [0.4, 0.5) is 0 Å². The van der Waals surface area contributed by atoms with Crippen molar-refractivity contribution in [1.29, 1.82) is 0 Å². The minimum Gasteiger partial charge on any atom is -0.386 e. The van der Waals surface area contributed by atoms with Crippen molar-refractivity contribution in [2.75, 3.05) is 41.2 Å². The van der Waals surface area contributed by atoms with E-state index in [4.69, 9.17) is 0 Å². The zero-order valence-electron chi connectivity index (χ0n) is 13.7. The number of methoxy groups -OCH3 is 3. The summed E-state index contributed by atoms with van der Waals surface area (Å²) in [6.07, 6.45) is -5.71. The molecular formula is C14H22O10. The van der Waals surface area contributed by atoms with E-state index in [1.807, 2.05) is 0 Å². The van der Waals surface area contributed by atoms with E-state index in [1.165, 1.54) is 0 Å². The van der Waals surface area contributed by atoms with Crippen molar-refractivity contribution >= 4 is 23.1 Å². The average molecular weight is 350 g/mol. The maximum absolute atomic E-state index is 12.0. The first-order valence-corrected chi connectivity index (χ1v) is 6.83. The fraction of sp³-hybridized carbons (Fsp3) is 0.714. The van der Waals surface area contributed by atoms with Gasteiger partial charge in [0.15, 0.2) is 17.2 Å². The Hall–Kier alpha value is -1.56. The Labute approximate surface area is 138 Å². The molecule has 0 aromatic rings. The van der Waals surface area contributed by atoms with Gasteiger partial charge in [0.25, 0.3) is 0 Å². The number of hydrogen-bond acceptors (Lipinski definition) is 10. The molecule has 10 heteroatoms. The third-order valence-electron chi connectivity index (χ3n) is 3.18. The van der Waals surface area contributed by atoms with Gasteiger partial charge >= 0.3 is 0 Å². The third kappa shape index (κ3) is 5.82. The molecule has 0 saturated carbocycles. The van der Waals surface area contributed by atoms with Crippen molar-refractivity contribution in [2.24, 2.45) is 0 Å². The number of aliphatic hydroxyl groups excluding tert-OH is 2. The Bertz CT molecular complexity index is 474. The van der Waals surface area contributed by atoms with E-state index in [9.17, 15) is 34.5 Å². The van der Waals surface area contributed by atoms with Crippen molar-refractivity contribution < 1.29 is 48.7 Å². The molecule has 1 unspecified atom stereocenters. The molecule has 0 aromatic heterocycles. The van der Waals surface area contributed by atoms with Gasteiger partial charge in [0.1, 0.15) is 32.0 Å². The molecule has 0 aliphatic rings. The zero-order valence-corrected chi connectivity index (χ0v) is 13.7. The minimum atomic E-state index is -2.89. The first-order valence-electron chi connectivity index (χ1n) is 6.83. The maximum atomic E-state index is 12.0. The highest BCUT2D eigenvalue weighted by Gasteiger charge is 2.49. The van der Waals surface area contributed by atoms with E-state index < -0.39 is 67.2 Å². The summed E-state index contributed by atoms with van der Waals surface area (Å²) >= 11 is 0. The summed E-state index contributed by atoms with van der Waals surface area (Å²) in [6.45, 7) is -1.90. The maximum Gasteiger partial charge on any atom is 0.224 e. The molecule has 0 bridgehead atoms. The van der Waals surface area contributed by atoms with E-state index >= 15 is 0 Å². The largest absolute Gasteiger partial charge is 0.386 e. The topological polar surface area (TPSA) is 157 Å². The van der Waals surface area contributed by atoms with Crippen LogP contribution in [0.5, 0.6) is 0 Å². The summed E-state index contributed by atoms with van der Waals surface area (Å²) in [4.78, 5) is 46.9. The van der Waals surface area contributed by atoms with Gasteiger partial charge < -0.3 is 29.5 Å². The second-order valence-corrected chi connectivity index (χ2v) is 5.03. The molecule has 0 spiro atoms. The fourth-order valence-electron chi connectivity index (χ4n) is 1.84. The Kier molecular flexibility index (Phi) is 9.66. The Balaban J connectivity index is 5.48. The molecule has 0 aliphatic heterocycles. The molecule has 0 heterocycles. The van der Waals surface area contributed by atoms with Crippen LogP contribution < -0.4 is 0 Å². The lowest BCUT2D eigenvalue weighted by atomic mass is 9.82. The number of carbonyl (C=O) groups is 4. The van der Waals surface area contributed by atoms with Crippen LogP contribution >= 0.6 is 0 Å². The van der Waals surface area contributed by atoms with Gasteiger partial charge in [0, 0.05) is 21.3 Å². The predicted octanol–water partition coefficient (Wildman–Crippen LogP) is -2.95. The van der Waals surface area contributed by atoms with Gasteiger partial charge in [-0.15, -0.1) is 0 Å². The SMILES string of the molecule is COCC(=O)C(=O)C[C@@](O)(C(=O)COC)[C@H](O)C(O)C(=O)COC. The number of hydrogen-bond donors (Lipinski definition) is 3. The second kappa shape index (κ2) is 10.3. The van der Waals surface area contributed by atoms with Gasteiger partial charge in [-0.2, -0.15) is 0 Å². The summed E-state index contributed by atoms with van der Waals surface area (Å²) < 4.78 is 13.5. The van der Waals surface area contributed by atoms with Crippen LogP contribution in [0.3, 0.4) is 0 Å². The lowest BCUT2D eigenvalue weighted by Gasteiger charge is -2.32. The Morgan fingerprint density at radius 2 is 1.38 bits per heavy atom. The Morgan fingerprint density at radius 1 is 0.875 bits per heavy atom. The number of Topliss-reactive ketones (excluding diaryl/α,β-unsaturated/α-hetero) is 4. The van der Waals surface area contributed by atoms with Gasteiger partial charge in [-0.1, -0.05) is 0 Å². The molecular weight excluding hydrogens is 328 g/mol. The highest BCUT2D eigenvalue weighted by Crippen LogP contribution is 2.22. The third-order valence-corrected chi connectivity index (χ3v) is 3.18. The highest BCUT2D eigenvalue weighted by atomic mass is 16.5. The zero-order chi connectivity index (χ0) is 18.9. The molecule has 0 saturated heterocycles. The summed E-state index contributed by atoms with van der Waals surface area (Å²) in [7, 11) is 3.44. The van der Waals surface area contributed by atoms with Crippen molar-refractivity contribution in [2.45, 2.75) is 24.2 Å². The summed E-state index contributed by atoms with van der Waals surface area (Å²) in [5.74, 6) is -4.47. The van der Waals surface area contributed by atoms with E-state index in [1.54, 1.807) is 0 Å². The van der Waals surface area contributed by atoms with E-state index in [0.717, 1.165) is 21.3 Å². The molecule has 0 radical (unpaired) electrons. The lowest BCUT2D eigenvalue weighted by molar-refractivity contribution is -0.174. The van der Waals surface area contributed by atoms with Crippen LogP contribution in [0.1, 0.15) is 6.42 Å². The second-order valence-electron chi connectivity index (χ2n) is 5.03. The van der Waals surface area contributed by atoms with E-state index in [0.29, 0.717) is 0 Å². The number of carbonyl (C=O) groups excluding carboxylic acids is 4.